The number of nitrogens with one attached hydrogen (secondary N) is 2. The van der Waals surface area contributed by atoms with Crippen LogP contribution in [0.15, 0.2) is 30.3 Å². The van der Waals surface area contributed by atoms with Crippen LogP contribution in [0, 0.1) is 11.8 Å². The summed E-state index contributed by atoms with van der Waals surface area (Å²) in [4.78, 5) is 27.2. The van der Waals surface area contributed by atoms with Crippen LogP contribution in [0.1, 0.15) is 43.6 Å². The van der Waals surface area contributed by atoms with Gasteiger partial charge in [0.1, 0.15) is 5.69 Å². The topological polar surface area (TPSA) is 71.2 Å². The van der Waals surface area contributed by atoms with Gasteiger partial charge >= 0.3 is 5.97 Å². The first-order valence-corrected chi connectivity index (χ1v) is 8.59. The molecule has 1 aliphatic rings. The second-order valence-corrected chi connectivity index (χ2v) is 6.79. The van der Waals surface area contributed by atoms with Crippen molar-refractivity contribution in [1.29, 1.82) is 0 Å². The first kappa shape index (κ1) is 16.6. The van der Waals surface area contributed by atoms with Gasteiger partial charge < -0.3 is 15.0 Å². The van der Waals surface area contributed by atoms with Crippen molar-refractivity contribution in [2.24, 2.45) is 11.8 Å². The lowest BCUT2D eigenvalue weighted by Gasteiger charge is -2.34. The van der Waals surface area contributed by atoms with Crippen LogP contribution in [0.25, 0.3) is 10.9 Å². The van der Waals surface area contributed by atoms with E-state index in [1.165, 1.54) is 6.42 Å². The molecule has 24 heavy (non-hydrogen) atoms. The van der Waals surface area contributed by atoms with Crippen LogP contribution >= 0.6 is 0 Å². The third-order valence-corrected chi connectivity index (χ3v) is 5.14. The molecule has 3 rings (SSSR count). The first-order valence-electron chi connectivity index (χ1n) is 8.59. The SMILES string of the molecule is CC1CCCC(NC(=O)COC(=O)c2cc3ccccc3[nH]2)C1C. The quantitative estimate of drug-likeness (QED) is 0.846. The average Bonchev–Trinajstić information content (AvgIpc) is 3.01. The van der Waals surface area contributed by atoms with Crippen molar-refractivity contribution < 1.29 is 14.3 Å². The number of carbonyl (C=O) groups is 2. The molecule has 5 nitrogen and oxygen atoms in total. The number of carbonyl (C=O) groups excluding carboxylic acids is 2. The van der Waals surface area contributed by atoms with Gasteiger partial charge in [0.2, 0.25) is 0 Å². The maximum atomic E-state index is 12.1. The summed E-state index contributed by atoms with van der Waals surface area (Å²) in [5.74, 6) is 0.321. The van der Waals surface area contributed by atoms with Crippen LogP contribution in [-0.2, 0) is 9.53 Å². The highest BCUT2D eigenvalue weighted by Crippen LogP contribution is 2.29. The molecule has 1 saturated carbocycles. The summed E-state index contributed by atoms with van der Waals surface area (Å²) in [6.07, 6.45) is 3.33. The van der Waals surface area contributed by atoms with Crippen LogP contribution in [0.4, 0.5) is 0 Å². The molecular weight excluding hydrogens is 304 g/mol. The van der Waals surface area contributed by atoms with Crippen molar-refractivity contribution in [3.05, 3.63) is 36.0 Å². The van der Waals surface area contributed by atoms with Crippen LogP contribution in [0.2, 0.25) is 0 Å². The highest BCUT2D eigenvalue weighted by atomic mass is 16.5. The highest BCUT2D eigenvalue weighted by Gasteiger charge is 2.28. The Labute approximate surface area is 141 Å². The van der Waals surface area contributed by atoms with Crippen molar-refractivity contribution in [3.63, 3.8) is 0 Å². The summed E-state index contributed by atoms with van der Waals surface area (Å²) in [5, 5.41) is 3.95. The molecule has 1 amide bonds. The number of benzene rings is 1. The molecule has 0 bridgehead atoms. The maximum absolute atomic E-state index is 12.1. The number of esters is 1. The number of amides is 1. The molecule has 128 valence electrons. The zero-order valence-electron chi connectivity index (χ0n) is 14.2. The molecule has 2 aromatic rings. The predicted octanol–water partition coefficient (Wildman–Crippen LogP) is 3.27. The third-order valence-electron chi connectivity index (χ3n) is 5.14. The minimum Gasteiger partial charge on any atom is -0.451 e. The van der Waals surface area contributed by atoms with Crippen molar-refractivity contribution >= 4 is 22.8 Å². The molecule has 0 spiro atoms. The fourth-order valence-electron chi connectivity index (χ4n) is 3.43. The number of H-pyrrole nitrogens is 1. The van der Waals surface area contributed by atoms with Gasteiger partial charge in [-0.3, -0.25) is 4.79 Å². The van der Waals surface area contributed by atoms with Gasteiger partial charge in [0.05, 0.1) is 0 Å². The number of aromatic amines is 1. The molecule has 1 heterocycles. The predicted molar refractivity (Wildman–Crippen MR) is 92.7 cm³/mol. The fraction of sp³-hybridized carbons (Fsp3) is 0.474. The van der Waals surface area contributed by atoms with Gasteiger partial charge in [-0.05, 0) is 30.4 Å². The molecule has 1 aromatic heterocycles. The van der Waals surface area contributed by atoms with Gasteiger partial charge in [-0.2, -0.15) is 0 Å². The Balaban J connectivity index is 1.53. The molecule has 0 saturated heterocycles. The van der Waals surface area contributed by atoms with Crippen LogP contribution in [0.3, 0.4) is 0 Å². The van der Waals surface area contributed by atoms with E-state index < -0.39 is 5.97 Å². The summed E-state index contributed by atoms with van der Waals surface area (Å²) in [6.45, 7) is 4.15. The van der Waals surface area contributed by atoms with Crippen LogP contribution in [-0.4, -0.2) is 29.5 Å². The zero-order valence-corrected chi connectivity index (χ0v) is 14.2. The Bertz CT molecular complexity index is 704. The Kier molecular flexibility index (Phi) is 4.88. The van der Waals surface area contributed by atoms with Crippen LogP contribution in [0.5, 0.6) is 0 Å². The van der Waals surface area contributed by atoms with Gasteiger partial charge in [0.25, 0.3) is 5.91 Å². The summed E-state index contributed by atoms with van der Waals surface area (Å²) in [7, 11) is 0. The number of para-hydroxylation sites is 1. The fourth-order valence-corrected chi connectivity index (χ4v) is 3.43. The van der Waals surface area contributed by atoms with Crippen LogP contribution < -0.4 is 5.32 Å². The van der Waals surface area contributed by atoms with E-state index in [-0.39, 0.29) is 18.6 Å². The van der Waals surface area contributed by atoms with Gasteiger partial charge in [-0.25, -0.2) is 4.79 Å². The van der Waals surface area contributed by atoms with Gasteiger partial charge in [0, 0.05) is 16.9 Å². The molecule has 3 unspecified atom stereocenters. The van der Waals surface area contributed by atoms with Crippen molar-refractivity contribution in [3.8, 4) is 0 Å². The lowest BCUT2D eigenvalue weighted by molar-refractivity contribution is -0.125. The highest BCUT2D eigenvalue weighted by molar-refractivity contribution is 5.95. The third kappa shape index (κ3) is 3.61. The van der Waals surface area contributed by atoms with Gasteiger partial charge in [0.15, 0.2) is 6.61 Å². The zero-order chi connectivity index (χ0) is 17.1. The Morgan fingerprint density at radius 3 is 2.83 bits per heavy atom. The van der Waals surface area contributed by atoms with E-state index in [0.29, 0.717) is 17.5 Å². The summed E-state index contributed by atoms with van der Waals surface area (Å²) in [5.41, 5.74) is 1.24. The lowest BCUT2D eigenvalue weighted by atomic mass is 9.78. The first-order chi connectivity index (χ1) is 11.5. The second kappa shape index (κ2) is 7.07. The minimum atomic E-state index is -0.508. The molecular formula is C19H24N2O3. The number of rotatable bonds is 4. The van der Waals surface area contributed by atoms with E-state index in [9.17, 15) is 9.59 Å². The number of ether oxygens (including phenoxy) is 1. The monoisotopic (exact) mass is 328 g/mol. The summed E-state index contributed by atoms with van der Waals surface area (Å²) in [6, 6.07) is 9.53. The smallest absolute Gasteiger partial charge is 0.355 e. The molecule has 0 aliphatic heterocycles. The van der Waals surface area contributed by atoms with E-state index in [4.69, 9.17) is 4.74 Å². The molecule has 0 radical (unpaired) electrons. The van der Waals surface area contributed by atoms with E-state index in [2.05, 4.69) is 24.1 Å². The standard InChI is InChI=1S/C19H24N2O3/c1-12-6-5-9-15(13(12)2)21-18(22)11-24-19(23)17-10-14-7-3-4-8-16(14)20-17/h3-4,7-8,10,12-13,15,20H,5-6,9,11H2,1-2H3,(H,21,22). The maximum Gasteiger partial charge on any atom is 0.355 e. The van der Waals surface area contributed by atoms with E-state index in [1.54, 1.807) is 6.07 Å². The van der Waals surface area contributed by atoms with Crippen molar-refractivity contribution in [2.45, 2.75) is 39.2 Å². The summed E-state index contributed by atoms with van der Waals surface area (Å²) >= 11 is 0. The van der Waals surface area contributed by atoms with Crippen molar-refractivity contribution in [1.82, 2.24) is 10.3 Å². The molecule has 5 heteroatoms. The lowest BCUT2D eigenvalue weighted by Crippen LogP contribution is -2.45. The number of fused-ring (bicyclic) bond motifs is 1. The van der Waals surface area contributed by atoms with Gasteiger partial charge in [-0.1, -0.05) is 44.9 Å². The minimum absolute atomic E-state index is 0.174. The summed E-state index contributed by atoms with van der Waals surface area (Å²) < 4.78 is 5.14. The Morgan fingerprint density at radius 2 is 2.04 bits per heavy atom. The average molecular weight is 328 g/mol. The Morgan fingerprint density at radius 1 is 1.25 bits per heavy atom. The molecule has 1 aliphatic carbocycles. The molecule has 1 aromatic carbocycles. The normalized spacial score (nSPS) is 23.8. The largest absolute Gasteiger partial charge is 0.451 e. The van der Waals surface area contributed by atoms with E-state index >= 15 is 0 Å². The molecule has 2 N–H and O–H groups in total. The second-order valence-electron chi connectivity index (χ2n) is 6.79. The van der Waals surface area contributed by atoms with Crippen molar-refractivity contribution in [2.75, 3.05) is 6.61 Å². The molecule has 3 atom stereocenters. The molecule has 1 fully saturated rings. The number of aromatic nitrogens is 1. The number of hydrogen-bond donors (Lipinski definition) is 2. The Hall–Kier alpha value is -2.30. The van der Waals surface area contributed by atoms with E-state index in [1.807, 2.05) is 24.3 Å². The number of hydrogen-bond acceptors (Lipinski definition) is 3. The van der Waals surface area contributed by atoms with E-state index in [0.717, 1.165) is 23.7 Å². The van der Waals surface area contributed by atoms with Gasteiger partial charge in [-0.15, -0.1) is 0 Å².